The molecule has 1 amide bonds. The van der Waals surface area contributed by atoms with Gasteiger partial charge in [-0.3, -0.25) is 4.79 Å². The number of hydrogen-bond donors (Lipinski definition) is 2. The molecule has 2 unspecified atom stereocenters. The van der Waals surface area contributed by atoms with Crippen LogP contribution in [-0.4, -0.2) is 30.7 Å². The third-order valence-electron chi connectivity index (χ3n) is 4.06. The number of carbonyl (C=O) groups is 1. The van der Waals surface area contributed by atoms with E-state index in [1.807, 2.05) is 6.07 Å². The molecule has 4 nitrogen and oxygen atoms in total. The third-order valence-corrected chi connectivity index (χ3v) is 4.06. The fourth-order valence-electron chi connectivity index (χ4n) is 2.81. The van der Waals surface area contributed by atoms with Crippen LogP contribution in [-0.2, 0) is 9.53 Å². The van der Waals surface area contributed by atoms with E-state index in [0.29, 0.717) is 6.54 Å². The van der Waals surface area contributed by atoms with Crippen LogP contribution in [0, 0.1) is 5.82 Å². The van der Waals surface area contributed by atoms with Gasteiger partial charge in [0.15, 0.2) is 0 Å². The molecule has 2 fully saturated rings. The first kappa shape index (κ1) is 16.2. The van der Waals surface area contributed by atoms with Gasteiger partial charge in [-0.25, -0.2) is 4.39 Å². The summed E-state index contributed by atoms with van der Waals surface area (Å²) in [5, 5.41) is 2.98. The van der Waals surface area contributed by atoms with Crippen LogP contribution in [0.15, 0.2) is 24.3 Å². The van der Waals surface area contributed by atoms with Crippen molar-refractivity contribution in [2.75, 3.05) is 6.54 Å². The van der Waals surface area contributed by atoms with E-state index in [9.17, 15) is 9.18 Å². The summed E-state index contributed by atoms with van der Waals surface area (Å²) >= 11 is 0. The van der Waals surface area contributed by atoms with Crippen molar-refractivity contribution in [3.8, 4) is 0 Å². The van der Waals surface area contributed by atoms with Crippen LogP contribution in [0.4, 0.5) is 4.39 Å². The predicted molar refractivity (Wildman–Crippen MR) is 79.9 cm³/mol. The molecule has 1 aromatic carbocycles. The average Bonchev–Trinajstić information content (AvgIpc) is 3.03. The van der Waals surface area contributed by atoms with Gasteiger partial charge in [0.05, 0.1) is 6.10 Å². The second-order valence-electron chi connectivity index (χ2n) is 5.57. The predicted octanol–water partition coefficient (Wildman–Crippen LogP) is 1.73. The third kappa shape index (κ3) is 3.73. The molecule has 3 N–H and O–H groups in total. The van der Waals surface area contributed by atoms with Crippen molar-refractivity contribution < 1.29 is 13.9 Å². The summed E-state index contributed by atoms with van der Waals surface area (Å²) in [5.41, 5.74) is 6.48. The lowest BCUT2D eigenvalue weighted by atomic mass is 10.1. The van der Waals surface area contributed by atoms with Crippen LogP contribution in [0.1, 0.15) is 30.7 Å². The first-order chi connectivity index (χ1) is 9.67. The van der Waals surface area contributed by atoms with Crippen molar-refractivity contribution in [3.63, 3.8) is 0 Å². The molecule has 3 rings (SSSR count). The molecule has 0 bridgehead atoms. The standard InChI is InChI=1S/C15H19FN2O2.ClH/c16-10-3-1-2-9(6-10)12-7-13(12)18-15(19)14-5-4-11(8-17)20-14;/h1-3,6,11-14H,4-5,7-8,17H2,(H,18,19);1H/t11-,12?,13?,14+;/m1./s1. The van der Waals surface area contributed by atoms with Crippen LogP contribution in [0.2, 0.25) is 0 Å². The van der Waals surface area contributed by atoms with Gasteiger partial charge in [0.1, 0.15) is 11.9 Å². The summed E-state index contributed by atoms with van der Waals surface area (Å²) in [6, 6.07) is 6.67. The number of rotatable bonds is 4. The van der Waals surface area contributed by atoms with E-state index in [-0.39, 0.29) is 48.3 Å². The van der Waals surface area contributed by atoms with E-state index in [4.69, 9.17) is 10.5 Å². The minimum Gasteiger partial charge on any atom is -0.364 e. The zero-order valence-electron chi connectivity index (χ0n) is 11.6. The van der Waals surface area contributed by atoms with E-state index in [0.717, 1.165) is 24.8 Å². The van der Waals surface area contributed by atoms with Crippen LogP contribution in [0.25, 0.3) is 0 Å². The maximum absolute atomic E-state index is 13.2. The number of benzene rings is 1. The number of ether oxygens (including phenoxy) is 1. The summed E-state index contributed by atoms with van der Waals surface area (Å²) in [4.78, 5) is 12.1. The van der Waals surface area contributed by atoms with Crippen LogP contribution < -0.4 is 11.1 Å². The van der Waals surface area contributed by atoms with Gasteiger partial charge in [0.2, 0.25) is 5.91 Å². The fourth-order valence-corrected chi connectivity index (χ4v) is 2.81. The topological polar surface area (TPSA) is 64.4 Å². The molecule has 0 aromatic heterocycles. The van der Waals surface area contributed by atoms with Crippen molar-refractivity contribution in [1.82, 2.24) is 5.32 Å². The number of nitrogens with one attached hydrogen (secondary N) is 1. The number of carbonyl (C=O) groups excluding carboxylic acids is 1. The molecule has 4 atom stereocenters. The average molecular weight is 315 g/mol. The lowest BCUT2D eigenvalue weighted by Crippen LogP contribution is -2.37. The zero-order valence-corrected chi connectivity index (χ0v) is 12.4. The van der Waals surface area contributed by atoms with Gasteiger partial charge in [-0.15, -0.1) is 12.4 Å². The van der Waals surface area contributed by atoms with Gasteiger partial charge in [-0.2, -0.15) is 0 Å². The Labute approximate surface area is 129 Å². The van der Waals surface area contributed by atoms with Gasteiger partial charge >= 0.3 is 0 Å². The lowest BCUT2D eigenvalue weighted by molar-refractivity contribution is -0.132. The Kier molecular flexibility index (Phi) is 5.19. The Morgan fingerprint density at radius 3 is 2.90 bits per heavy atom. The molecule has 0 spiro atoms. The SMILES string of the molecule is Cl.NC[C@H]1CC[C@@H](C(=O)NC2CC2c2cccc(F)c2)O1. The number of hydrogen-bond acceptors (Lipinski definition) is 3. The summed E-state index contributed by atoms with van der Waals surface area (Å²) in [6.45, 7) is 0.457. The Morgan fingerprint density at radius 2 is 2.24 bits per heavy atom. The molecule has 1 aliphatic carbocycles. The van der Waals surface area contributed by atoms with Crippen molar-refractivity contribution in [2.24, 2.45) is 5.73 Å². The second-order valence-corrected chi connectivity index (χ2v) is 5.57. The van der Waals surface area contributed by atoms with Crippen LogP contribution >= 0.6 is 12.4 Å². The summed E-state index contributed by atoms with van der Waals surface area (Å²) in [6.07, 6.45) is 2.06. The highest BCUT2D eigenvalue weighted by molar-refractivity contribution is 5.85. The minimum absolute atomic E-state index is 0. The Hall–Kier alpha value is -1.17. The van der Waals surface area contributed by atoms with Crippen LogP contribution in [0.3, 0.4) is 0 Å². The van der Waals surface area contributed by atoms with Gasteiger partial charge in [0.25, 0.3) is 0 Å². The quantitative estimate of drug-likeness (QED) is 0.889. The number of nitrogens with two attached hydrogens (primary N) is 1. The molecular formula is C15H20ClFN2O2. The first-order valence-electron chi connectivity index (χ1n) is 7.08. The Morgan fingerprint density at radius 1 is 1.43 bits per heavy atom. The highest BCUT2D eigenvalue weighted by atomic mass is 35.5. The van der Waals surface area contributed by atoms with Crippen molar-refractivity contribution in [3.05, 3.63) is 35.6 Å². The van der Waals surface area contributed by atoms with Crippen molar-refractivity contribution in [1.29, 1.82) is 0 Å². The number of halogens is 2. The molecule has 21 heavy (non-hydrogen) atoms. The van der Waals surface area contributed by atoms with Crippen molar-refractivity contribution >= 4 is 18.3 Å². The normalized spacial score (nSPS) is 30.6. The molecular weight excluding hydrogens is 295 g/mol. The smallest absolute Gasteiger partial charge is 0.249 e. The van der Waals surface area contributed by atoms with Crippen LogP contribution in [0.5, 0.6) is 0 Å². The molecule has 1 aliphatic heterocycles. The van der Waals surface area contributed by atoms with Gasteiger partial charge < -0.3 is 15.8 Å². The molecule has 0 radical (unpaired) electrons. The highest BCUT2D eigenvalue weighted by Gasteiger charge is 2.41. The summed E-state index contributed by atoms with van der Waals surface area (Å²) < 4.78 is 18.7. The van der Waals surface area contributed by atoms with E-state index in [2.05, 4.69) is 5.32 Å². The molecule has 116 valence electrons. The molecule has 6 heteroatoms. The Balaban J connectivity index is 0.00000161. The van der Waals surface area contributed by atoms with Crippen molar-refractivity contribution in [2.45, 2.75) is 43.4 Å². The van der Waals surface area contributed by atoms with Gasteiger partial charge in [0, 0.05) is 18.5 Å². The van der Waals surface area contributed by atoms with E-state index >= 15 is 0 Å². The summed E-state index contributed by atoms with van der Waals surface area (Å²) in [5.74, 6) is -0.0735. The molecule has 2 aliphatic rings. The second kappa shape index (κ2) is 6.73. The van der Waals surface area contributed by atoms with E-state index in [1.54, 1.807) is 6.07 Å². The maximum atomic E-state index is 13.2. The maximum Gasteiger partial charge on any atom is 0.249 e. The van der Waals surface area contributed by atoms with E-state index in [1.165, 1.54) is 12.1 Å². The molecule has 1 aromatic rings. The Bertz CT molecular complexity index is 514. The monoisotopic (exact) mass is 314 g/mol. The first-order valence-corrected chi connectivity index (χ1v) is 7.08. The summed E-state index contributed by atoms with van der Waals surface area (Å²) in [7, 11) is 0. The van der Waals surface area contributed by atoms with Gasteiger partial charge in [-0.05, 0) is 37.0 Å². The molecule has 1 saturated carbocycles. The molecule has 1 saturated heterocycles. The van der Waals surface area contributed by atoms with E-state index < -0.39 is 0 Å². The zero-order chi connectivity index (χ0) is 14.1. The van der Waals surface area contributed by atoms with Gasteiger partial charge in [-0.1, -0.05) is 12.1 Å². The fraction of sp³-hybridized carbons (Fsp3) is 0.533. The molecule has 1 heterocycles. The lowest BCUT2D eigenvalue weighted by Gasteiger charge is -2.12. The number of amides is 1. The highest BCUT2D eigenvalue weighted by Crippen LogP contribution is 2.41. The largest absolute Gasteiger partial charge is 0.364 e. The minimum atomic E-state index is -0.377.